The van der Waals surface area contributed by atoms with Crippen LogP contribution in [0.3, 0.4) is 0 Å². The standard InChI is InChI=1S/C13H18N2O8S/c1-13(2)22-9-7(6-20-24(3,18)19)21-11(10(9)23-13)15-5-4-8(16)14-12(15)17/h4-5,7,9-11H,6H2,1-3H3,(H,14,16,17)/t7-,9-,10+,11-/m0/s1. The van der Waals surface area contributed by atoms with Crippen molar-refractivity contribution < 1.29 is 26.8 Å². The Bertz CT molecular complexity index is 842. The number of fused-ring (bicyclic) bond motifs is 1. The summed E-state index contributed by atoms with van der Waals surface area (Å²) in [5.74, 6) is -0.924. The average Bonchev–Trinajstić information content (AvgIpc) is 2.90. The smallest absolute Gasteiger partial charge is 0.330 e. The minimum Gasteiger partial charge on any atom is -0.346 e. The van der Waals surface area contributed by atoms with Crippen molar-refractivity contribution in [3.8, 4) is 0 Å². The van der Waals surface area contributed by atoms with E-state index in [1.165, 1.54) is 16.8 Å². The van der Waals surface area contributed by atoms with Crippen molar-refractivity contribution in [3.63, 3.8) is 0 Å². The fourth-order valence-corrected chi connectivity index (χ4v) is 3.22. The van der Waals surface area contributed by atoms with Gasteiger partial charge in [0.25, 0.3) is 15.7 Å². The highest BCUT2D eigenvalue weighted by Gasteiger charge is 2.56. The molecule has 134 valence electrons. The molecule has 2 aliphatic rings. The van der Waals surface area contributed by atoms with Gasteiger partial charge in [0.05, 0.1) is 12.9 Å². The fourth-order valence-electron chi connectivity index (χ4n) is 2.84. The summed E-state index contributed by atoms with van der Waals surface area (Å²) in [5, 5.41) is 0. The molecule has 0 unspecified atom stereocenters. The minimum absolute atomic E-state index is 0.270. The molecular weight excluding hydrogens is 344 g/mol. The first-order valence-electron chi connectivity index (χ1n) is 7.23. The molecule has 1 aromatic heterocycles. The monoisotopic (exact) mass is 362 g/mol. The highest BCUT2D eigenvalue weighted by Crippen LogP contribution is 2.42. The van der Waals surface area contributed by atoms with E-state index in [2.05, 4.69) is 4.98 Å². The number of H-pyrrole nitrogens is 1. The van der Waals surface area contributed by atoms with Gasteiger partial charge < -0.3 is 14.2 Å². The molecule has 0 spiro atoms. The molecule has 2 aliphatic heterocycles. The minimum atomic E-state index is -3.66. The normalized spacial score (nSPS) is 32.0. The van der Waals surface area contributed by atoms with Crippen LogP contribution >= 0.6 is 0 Å². The Morgan fingerprint density at radius 2 is 1.96 bits per heavy atom. The molecule has 0 radical (unpaired) electrons. The summed E-state index contributed by atoms with van der Waals surface area (Å²) < 4.78 is 45.6. The van der Waals surface area contributed by atoms with Gasteiger partial charge in [0, 0.05) is 12.3 Å². The zero-order valence-corrected chi connectivity index (χ0v) is 14.1. The molecule has 0 amide bonds. The predicted octanol–water partition coefficient (Wildman–Crippen LogP) is -1.07. The van der Waals surface area contributed by atoms with Crippen molar-refractivity contribution >= 4 is 10.1 Å². The Kier molecular flexibility index (Phi) is 4.16. The molecule has 2 fully saturated rings. The second-order valence-electron chi connectivity index (χ2n) is 6.14. The summed E-state index contributed by atoms with van der Waals surface area (Å²) in [4.78, 5) is 25.4. The fraction of sp³-hybridized carbons (Fsp3) is 0.692. The largest absolute Gasteiger partial charge is 0.346 e. The van der Waals surface area contributed by atoms with Crippen LogP contribution in [0.2, 0.25) is 0 Å². The molecule has 0 saturated carbocycles. The van der Waals surface area contributed by atoms with Crippen LogP contribution in [-0.4, -0.2) is 54.9 Å². The van der Waals surface area contributed by atoms with Crippen molar-refractivity contribution in [2.75, 3.05) is 12.9 Å². The summed E-state index contributed by atoms with van der Waals surface area (Å²) in [6.45, 7) is 3.13. The number of rotatable bonds is 4. The number of ether oxygens (including phenoxy) is 3. The summed E-state index contributed by atoms with van der Waals surface area (Å²) in [7, 11) is -3.66. The average molecular weight is 362 g/mol. The Balaban J connectivity index is 1.90. The van der Waals surface area contributed by atoms with E-state index in [1.54, 1.807) is 13.8 Å². The molecule has 1 aromatic rings. The first-order chi connectivity index (χ1) is 11.1. The predicted molar refractivity (Wildman–Crippen MR) is 79.9 cm³/mol. The summed E-state index contributed by atoms with van der Waals surface area (Å²) in [6, 6.07) is 1.18. The molecule has 2 saturated heterocycles. The van der Waals surface area contributed by atoms with Crippen LogP contribution in [0.4, 0.5) is 0 Å². The van der Waals surface area contributed by atoms with E-state index < -0.39 is 51.7 Å². The van der Waals surface area contributed by atoms with Gasteiger partial charge in [-0.2, -0.15) is 8.42 Å². The van der Waals surface area contributed by atoms with Gasteiger partial charge >= 0.3 is 5.69 Å². The molecule has 24 heavy (non-hydrogen) atoms. The van der Waals surface area contributed by atoms with Crippen molar-refractivity contribution in [1.29, 1.82) is 0 Å². The Labute approximate surface area is 137 Å². The van der Waals surface area contributed by atoms with Gasteiger partial charge in [0.1, 0.15) is 18.3 Å². The van der Waals surface area contributed by atoms with Gasteiger partial charge in [-0.1, -0.05) is 0 Å². The molecule has 10 nitrogen and oxygen atoms in total. The van der Waals surface area contributed by atoms with Crippen LogP contribution in [0.5, 0.6) is 0 Å². The van der Waals surface area contributed by atoms with E-state index >= 15 is 0 Å². The van der Waals surface area contributed by atoms with E-state index in [4.69, 9.17) is 18.4 Å². The molecule has 0 aromatic carbocycles. The Hall–Kier alpha value is -1.53. The summed E-state index contributed by atoms with van der Waals surface area (Å²) >= 11 is 0. The van der Waals surface area contributed by atoms with Crippen molar-refractivity contribution in [2.24, 2.45) is 0 Å². The van der Waals surface area contributed by atoms with Crippen LogP contribution in [0, 0.1) is 0 Å². The SMILES string of the molecule is CC1(C)O[C@@H]2[C@@H](O1)[C@@H](n1ccc(=O)[nH]c1=O)O[C@H]2COS(C)(=O)=O. The molecule has 1 N–H and O–H groups in total. The van der Waals surface area contributed by atoms with Gasteiger partial charge in [-0.25, -0.2) is 4.79 Å². The third-order valence-electron chi connectivity index (χ3n) is 3.70. The van der Waals surface area contributed by atoms with Crippen LogP contribution in [0.15, 0.2) is 21.9 Å². The number of nitrogens with one attached hydrogen (secondary N) is 1. The highest BCUT2D eigenvalue weighted by molar-refractivity contribution is 7.85. The van der Waals surface area contributed by atoms with Gasteiger partial charge in [-0.3, -0.25) is 18.5 Å². The van der Waals surface area contributed by atoms with E-state index in [1.807, 2.05) is 0 Å². The number of hydrogen-bond acceptors (Lipinski definition) is 8. The molecule has 11 heteroatoms. The maximum Gasteiger partial charge on any atom is 0.330 e. The molecule has 0 bridgehead atoms. The molecule has 3 heterocycles. The van der Waals surface area contributed by atoms with E-state index in [0.717, 1.165) is 6.26 Å². The second-order valence-corrected chi connectivity index (χ2v) is 7.78. The molecule has 3 rings (SSSR count). The van der Waals surface area contributed by atoms with Gasteiger partial charge in [-0.05, 0) is 13.8 Å². The Morgan fingerprint density at radius 1 is 1.29 bits per heavy atom. The Morgan fingerprint density at radius 3 is 2.58 bits per heavy atom. The van der Waals surface area contributed by atoms with Crippen LogP contribution in [0.1, 0.15) is 20.1 Å². The van der Waals surface area contributed by atoms with Crippen LogP contribution < -0.4 is 11.2 Å². The van der Waals surface area contributed by atoms with Crippen molar-refractivity contribution in [1.82, 2.24) is 9.55 Å². The van der Waals surface area contributed by atoms with Gasteiger partial charge in [-0.15, -0.1) is 0 Å². The van der Waals surface area contributed by atoms with Crippen molar-refractivity contribution in [3.05, 3.63) is 33.1 Å². The summed E-state index contributed by atoms with van der Waals surface area (Å²) in [6.07, 6.45) is -0.691. The molecular formula is C13H18N2O8S. The van der Waals surface area contributed by atoms with Crippen LogP contribution in [0.25, 0.3) is 0 Å². The lowest BCUT2D eigenvalue weighted by atomic mass is 10.1. The van der Waals surface area contributed by atoms with Gasteiger partial charge in [0.15, 0.2) is 12.0 Å². The van der Waals surface area contributed by atoms with Gasteiger partial charge in [0.2, 0.25) is 0 Å². The lowest BCUT2D eigenvalue weighted by molar-refractivity contribution is -0.199. The topological polar surface area (TPSA) is 126 Å². The third kappa shape index (κ3) is 3.44. The lowest BCUT2D eigenvalue weighted by Crippen LogP contribution is -2.37. The number of aromatic nitrogens is 2. The van der Waals surface area contributed by atoms with Crippen LogP contribution in [-0.2, 0) is 28.5 Å². The zero-order chi connectivity index (χ0) is 17.7. The zero-order valence-electron chi connectivity index (χ0n) is 13.3. The molecule has 0 aliphatic carbocycles. The number of hydrogen-bond donors (Lipinski definition) is 1. The second kappa shape index (κ2) is 5.77. The first-order valence-corrected chi connectivity index (χ1v) is 9.04. The van der Waals surface area contributed by atoms with Crippen molar-refractivity contribution in [2.45, 2.75) is 44.2 Å². The molecule has 4 atom stereocenters. The van der Waals surface area contributed by atoms with E-state index in [-0.39, 0.29) is 6.61 Å². The first kappa shape index (κ1) is 17.3. The number of nitrogens with zero attached hydrogens (tertiary/aromatic N) is 1. The quantitative estimate of drug-likeness (QED) is 0.671. The van der Waals surface area contributed by atoms with E-state index in [0.29, 0.717) is 0 Å². The lowest BCUT2D eigenvalue weighted by Gasteiger charge is -2.24. The highest BCUT2D eigenvalue weighted by atomic mass is 32.2. The van der Waals surface area contributed by atoms with E-state index in [9.17, 15) is 18.0 Å². The maximum atomic E-state index is 12.0. The third-order valence-corrected chi connectivity index (χ3v) is 4.26. The number of aromatic amines is 1. The summed E-state index contributed by atoms with van der Waals surface area (Å²) in [5.41, 5.74) is -1.20. The maximum absolute atomic E-state index is 12.0.